The molecule has 2 aromatic heterocycles. The van der Waals surface area contributed by atoms with Crippen LogP contribution in [-0.4, -0.2) is 9.97 Å². The molecule has 0 aliphatic heterocycles. The van der Waals surface area contributed by atoms with Crippen molar-refractivity contribution in [2.75, 3.05) is 0 Å². The number of rotatable bonds is 3. The molecule has 2 nitrogen and oxygen atoms in total. The smallest absolute Gasteiger partial charge is 0.0906 e. The first-order valence-corrected chi connectivity index (χ1v) is 9.72. The Morgan fingerprint density at radius 3 is 1.96 bits per heavy atom. The third kappa shape index (κ3) is 2.87. The Labute approximate surface area is 159 Å². The molecule has 0 radical (unpaired) electrons. The van der Waals surface area contributed by atoms with Crippen molar-refractivity contribution in [1.82, 2.24) is 9.97 Å². The molecule has 5 rings (SSSR count). The molecule has 1 aliphatic carbocycles. The highest BCUT2D eigenvalue weighted by molar-refractivity contribution is 5.87. The zero-order valence-corrected chi connectivity index (χ0v) is 15.3. The van der Waals surface area contributed by atoms with Crippen LogP contribution in [0.2, 0.25) is 0 Å². The average molecular weight is 350 g/mol. The number of hydrogen-bond acceptors (Lipinski definition) is 1. The van der Waals surface area contributed by atoms with Crippen LogP contribution in [0.25, 0.3) is 33.8 Å². The highest BCUT2D eigenvalue weighted by atomic mass is 14.8. The SMILES string of the molecule is c1ccc(-c2nc(-c3ccc[nH]3)c3c(c2-c2ccccc2)CCCC3)cc1. The minimum Gasteiger partial charge on any atom is -0.360 e. The number of pyridine rings is 1. The molecule has 2 aromatic carbocycles. The van der Waals surface area contributed by atoms with Gasteiger partial charge in [0, 0.05) is 17.3 Å². The maximum Gasteiger partial charge on any atom is 0.0906 e. The van der Waals surface area contributed by atoms with Gasteiger partial charge < -0.3 is 4.98 Å². The zero-order chi connectivity index (χ0) is 18.1. The van der Waals surface area contributed by atoms with Gasteiger partial charge in [-0.3, -0.25) is 0 Å². The summed E-state index contributed by atoms with van der Waals surface area (Å²) in [6, 6.07) is 25.5. The van der Waals surface area contributed by atoms with Gasteiger partial charge in [-0.05, 0) is 54.5 Å². The minimum atomic E-state index is 1.09. The van der Waals surface area contributed by atoms with Crippen LogP contribution in [0, 0.1) is 0 Å². The lowest BCUT2D eigenvalue weighted by Gasteiger charge is -2.25. The first-order chi connectivity index (χ1) is 13.4. The third-order valence-corrected chi connectivity index (χ3v) is 5.48. The third-order valence-electron chi connectivity index (χ3n) is 5.48. The summed E-state index contributed by atoms with van der Waals surface area (Å²) in [4.78, 5) is 8.62. The second kappa shape index (κ2) is 6.88. The summed E-state index contributed by atoms with van der Waals surface area (Å²) in [5, 5.41) is 0. The van der Waals surface area contributed by atoms with E-state index in [2.05, 4.69) is 77.8 Å². The van der Waals surface area contributed by atoms with Crippen molar-refractivity contribution in [3.8, 4) is 33.8 Å². The van der Waals surface area contributed by atoms with Crippen LogP contribution in [0.15, 0.2) is 79.0 Å². The summed E-state index contributed by atoms with van der Waals surface area (Å²) >= 11 is 0. The quantitative estimate of drug-likeness (QED) is 0.462. The van der Waals surface area contributed by atoms with E-state index in [1.165, 1.54) is 40.7 Å². The Morgan fingerprint density at radius 2 is 1.30 bits per heavy atom. The number of hydrogen-bond donors (Lipinski definition) is 1. The molecule has 27 heavy (non-hydrogen) atoms. The van der Waals surface area contributed by atoms with Gasteiger partial charge in [0.2, 0.25) is 0 Å². The highest BCUT2D eigenvalue weighted by Crippen LogP contribution is 2.41. The van der Waals surface area contributed by atoms with Gasteiger partial charge in [-0.25, -0.2) is 4.98 Å². The number of nitrogens with one attached hydrogen (secondary N) is 1. The molecule has 0 spiro atoms. The second-order valence-electron chi connectivity index (χ2n) is 7.16. The fourth-order valence-electron chi connectivity index (χ4n) is 4.24. The van der Waals surface area contributed by atoms with Gasteiger partial charge in [-0.1, -0.05) is 60.7 Å². The molecule has 2 heterocycles. The monoisotopic (exact) mass is 350 g/mol. The topological polar surface area (TPSA) is 28.7 Å². The van der Waals surface area contributed by atoms with Crippen molar-refractivity contribution in [3.63, 3.8) is 0 Å². The van der Waals surface area contributed by atoms with Crippen LogP contribution in [0.4, 0.5) is 0 Å². The number of benzene rings is 2. The number of aromatic nitrogens is 2. The van der Waals surface area contributed by atoms with E-state index in [4.69, 9.17) is 4.98 Å². The normalized spacial score (nSPS) is 13.3. The minimum absolute atomic E-state index is 1.09. The molecule has 0 saturated heterocycles. The predicted octanol–water partition coefficient (Wildman–Crippen LogP) is 6.29. The van der Waals surface area contributed by atoms with Crippen molar-refractivity contribution in [3.05, 3.63) is 90.1 Å². The van der Waals surface area contributed by atoms with Crippen molar-refractivity contribution in [2.24, 2.45) is 0 Å². The van der Waals surface area contributed by atoms with E-state index in [1.54, 1.807) is 0 Å². The summed E-state index contributed by atoms with van der Waals surface area (Å²) in [7, 11) is 0. The van der Waals surface area contributed by atoms with Crippen LogP contribution in [-0.2, 0) is 12.8 Å². The summed E-state index contributed by atoms with van der Waals surface area (Å²) in [5.74, 6) is 0. The van der Waals surface area contributed by atoms with Crippen LogP contribution < -0.4 is 0 Å². The molecule has 0 amide bonds. The van der Waals surface area contributed by atoms with Gasteiger partial charge in [0.15, 0.2) is 0 Å². The number of nitrogens with zero attached hydrogens (tertiary/aromatic N) is 1. The van der Waals surface area contributed by atoms with E-state index in [-0.39, 0.29) is 0 Å². The van der Waals surface area contributed by atoms with Crippen molar-refractivity contribution in [2.45, 2.75) is 25.7 Å². The molecule has 2 heteroatoms. The van der Waals surface area contributed by atoms with Gasteiger partial charge in [0.05, 0.1) is 17.1 Å². The van der Waals surface area contributed by atoms with E-state index in [1.807, 2.05) is 6.20 Å². The first kappa shape index (κ1) is 16.1. The van der Waals surface area contributed by atoms with E-state index >= 15 is 0 Å². The molecule has 1 N–H and O–H groups in total. The van der Waals surface area contributed by atoms with Crippen molar-refractivity contribution < 1.29 is 0 Å². The zero-order valence-electron chi connectivity index (χ0n) is 15.3. The first-order valence-electron chi connectivity index (χ1n) is 9.72. The summed E-state index contributed by atoms with van der Waals surface area (Å²) in [6.45, 7) is 0. The molecule has 0 atom stereocenters. The Kier molecular flexibility index (Phi) is 4.10. The summed E-state index contributed by atoms with van der Waals surface area (Å²) < 4.78 is 0. The molecular formula is C25H22N2. The standard InChI is InChI=1S/C25H22N2/c1-3-10-18(11-4-1)23-20-14-7-8-15-21(20)25(22-16-9-17-26-22)27-24(23)19-12-5-2-6-13-19/h1-6,9-13,16-17,26H,7-8,14-15H2. The van der Waals surface area contributed by atoms with E-state index in [0.29, 0.717) is 0 Å². The van der Waals surface area contributed by atoms with Crippen LogP contribution in [0.1, 0.15) is 24.0 Å². The molecule has 132 valence electrons. The Hall–Kier alpha value is -3.13. The molecule has 0 saturated carbocycles. The lowest BCUT2D eigenvalue weighted by molar-refractivity contribution is 0.685. The number of fused-ring (bicyclic) bond motifs is 1. The number of aromatic amines is 1. The Bertz CT molecular complexity index is 1050. The van der Waals surface area contributed by atoms with Crippen LogP contribution in [0.5, 0.6) is 0 Å². The average Bonchev–Trinajstić information content (AvgIpc) is 3.28. The van der Waals surface area contributed by atoms with Crippen LogP contribution >= 0.6 is 0 Å². The van der Waals surface area contributed by atoms with Crippen molar-refractivity contribution >= 4 is 0 Å². The van der Waals surface area contributed by atoms with Crippen molar-refractivity contribution in [1.29, 1.82) is 0 Å². The molecule has 0 bridgehead atoms. The van der Waals surface area contributed by atoms with E-state index < -0.39 is 0 Å². The largest absolute Gasteiger partial charge is 0.360 e. The lowest BCUT2D eigenvalue weighted by Crippen LogP contribution is -2.10. The van der Waals surface area contributed by atoms with Gasteiger partial charge in [0.25, 0.3) is 0 Å². The summed E-state index contributed by atoms with van der Waals surface area (Å²) in [6.07, 6.45) is 6.69. The van der Waals surface area contributed by atoms with Gasteiger partial charge >= 0.3 is 0 Å². The predicted molar refractivity (Wildman–Crippen MR) is 112 cm³/mol. The Morgan fingerprint density at radius 1 is 0.630 bits per heavy atom. The fraction of sp³-hybridized carbons (Fsp3) is 0.160. The van der Waals surface area contributed by atoms with Gasteiger partial charge in [0.1, 0.15) is 0 Å². The molecule has 4 aromatic rings. The number of H-pyrrole nitrogens is 1. The molecule has 0 fully saturated rings. The fourth-order valence-corrected chi connectivity index (χ4v) is 4.24. The van der Waals surface area contributed by atoms with E-state index in [0.717, 1.165) is 29.9 Å². The maximum absolute atomic E-state index is 5.24. The van der Waals surface area contributed by atoms with E-state index in [9.17, 15) is 0 Å². The van der Waals surface area contributed by atoms with Gasteiger partial charge in [-0.15, -0.1) is 0 Å². The maximum atomic E-state index is 5.24. The van der Waals surface area contributed by atoms with Gasteiger partial charge in [-0.2, -0.15) is 0 Å². The molecule has 1 aliphatic rings. The summed E-state index contributed by atoms with van der Waals surface area (Å²) in [5.41, 5.74) is 9.97. The second-order valence-corrected chi connectivity index (χ2v) is 7.16. The van der Waals surface area contributed by atoms with Crippen LogP contribution in [0.3, 0.4) is 0 Å². The Balaban J connectivity index is 1.86. The molecule has 0 unspecified atom stereocenters. The highest BCUT2D eigenvalue weighted by Gasteiger charge is 2.24. The lowest BCUT2D eigenvalue weighted by atomic mass is 9.82. The molecular weight excluding hydrogens is 328 g/mol.